The Kier molecular flexibility index (Phi) is 5.54. The maximum Gasteiger partial charge on any atom is 0.311 e. The van der Waals surface area contributed by atoms with Gasteiger partial charge in [-0.1, -0.05) is 51.2 Å². The Bertz CT molecular complexity index is 524. The Morgan fingerprint density at radius 2 is 2.09 bits per heavy atom. The van der Waals surface area contributed by atoms with Gasteiger partial charge < -0.3 is 4.74 Å². The molecule has 0 amide bonds. The summed E-state index contributed by atoms with van der Waals surface area (Å²) in [5, 5.41) is 0. The summed E-state index contributed by atoms with van der Waals surface area (Å²) in [6.45, 7) is 12.5. The van der Waals surface area contributed by atoms with Crippen molar-refractivity contribution in [1.82, 2.24) is 0 Å². The van der Waals surface area contributed by atoms with Gasteiger partial charge in [0.1, 0.15) is 6.10 Å². The van der Waals surface area contributed by atoms with Gasteiger partial charge in [-0.05, 0) is 56.9 Å². The second-order valence-corrected chi connectivity index (χ2v) is 7.91. The lowest BCUT2D eigenvalue weighted by molar-refractivity contribution is -0.164. The molecule has 128 valence electrons. The van der Waals surface area contributed by atoms with Crippen molar-refractivity contribution in [3.8, 4) is 0 Å². The van der Waals surface area contributed by atoms with Gasteiger partial charge in [0.2, 0.25) is 0 Å². The molecule has 5 atom stereocenters. The molecule has 0 spiro atoms. The summed E-state index contributed by atoms with van der Waals surface area (Å²) in [5.41, 5.74) is 0.939. The Morgan fingerprint density at radius 1 is 1.39 bits per heavy atom. The molecular formula is C21H32O2. The Hall–Kier alpha value is -1.31. The van der Waals surface area contributed by atoms with Crippen molar-refractivity contribution in [3.63, 3.8) is 0 Å². The fourth-order valence-corrected chi connectivity index (χ4v) is 3.67. The molecule has 23 heavy (non-hydrogen) atoms. The van der Waals surface area contributed by atoms with Crippen LogP contribution in [0.15, 0.2) is 36.0 Å². The van der Waals surface area contributed by atoms with Gasteiger partial charge in [0.25, 0.3) is 0 Å². The molecule has 2 rings (SSSR count). The van der Waals surface area contributed by atoms with E-state index in [1.807, 2.05) is 20.8 Å². The zero-order chi connectivity index (χ0) is 17.2. The van der Waals surface area contributed by atoms with Crippen molar-refractivity contribution in [2.45, 2.75) is 60.5 Å². The van der Waals surface area contributed by atoms with Crippen LogP contribution < -0.4 is 0 Å². The second-order valence-electron chi connectivity index (χ2n) is 7.91. The summed E-state index contributed by atoms with van der Waals surface area (Å²) in [4.78, 5) is 12.6. The highest BCUT2D eigenvalue weighted by Gasteiger charge is 2.41. The van der Waals surface area contributed by atoms with E-state index in [0.29, 0.717) is 23.7 Å². The third kappa shape index (κ3) is 3.79. The smallest absolute Gasteiger partial charge is 0.311 e. The van der Waals surface area contributed by atoms with Crippen molar-refractivity contribution in [2.75, 3.05) is 0 Å². The molecule has 2 aliphatic carbocycles. The van der Waals surface area contributed by atoms with Gasteiger partial charge in [-0.25, -0.2) is 0 Å². The van der Waals surface area contributed by atoms with E-state index in [1.165, 1.54) is 5.57 Å². The molecule has 0 aromatic heterocycles. The minimum Gasteiger partial charge on any atom is -0.461 e. The lowest BCUT2D eigenvalue weighted by Gasteiger charge is -2.42. The summed E-state index contributed by atoms with van der Waals surface area (Å²) in [6, 6.07) is 0. The molecular weight excluding hydrogens is 284 g/mol. The fraction of sp³-hybridized carbons (Fsp3) is 0.667. The lowest BCUT2D eigenvalue weighted by Crippen LogP contribution is -2.42. The van der Waals surface area contributed by atoms with Crippen molar-refractivity contribution >= 4 is 5.97 Å². The molecule has 0 heterocycles. The van der Waals surface area contributed by atoms with Gasteiger partial charge in [-0.2, -0.15) is 0 Å². The van der Waals surface area contributed by atoms with Gasteiger partial charge in [-0.15, -0.1) is 0 Å². The van der Waals surface area contributed by atoms with Gasteiger partial charge in [-0.3, -0.25) is 4.79 Å². The molecule has 0 aromatic carbocycles. The molecule has 0 aromatic rings. The third-order valence-electron chi connectivity index (χ3n) is 5.59. The predicted octanol–water partition coefficient (Wildman–Crippen LogP) is 5.32. The molecule has 0 saturated heterocycles. The van der Waals surface area contributed by atoms with Gasteiger partial charge in [0.05, 0.1) is 5.41 Å². The summed E-state index contributed by atoms with van der Waals surface area (Å²) in [7, 11) is 0. The van der Waals surface area contributed by atoms with E-state index in [1.54, 1.807) is 0 Å². The number of rotatable bonds is 4. The number of esters is 1. The summed E-state index contributed by atoms with van der Waals surface area (Å²) in [5.74, 6) is 1.57. The van der Waals surface area contributed by atoms with Crippen LogP contribution in [0.1, 0.15) is 54.4 Å². The molecule has 0 aliphatic heterocycles. The van der Waals surface area contributed by atoms with E-state index in [-0.39, 0.29) is 12.1 Å². The van der Waals surface area contributed by atoms with E-state index < -0.39 is 5.41 Å². The number of hydrogen-bond donors (Lipinski definition) is 0. The highest BCUT2D eigenvalue weighted by molar-refractivity contribution is 5.76. The van der Waals surface area contributed by atoms with Crippen LogP contribution in [-0.2, 0) is 9.53 Å². The Balaban J connectivity index is 2.30. The molecule has 0 N–H and O–H groups in total. The number of allylic oxidation sites excluding steroid dienone is 5. The fourth-order valence-electron chi connectivity index (χ4n) is 3.67. The normalized spacial score (nSPS) is 34.2. The van der Waals surface area contributed by atoms with Crippen LogP contribution in [0.2, 0.25) is 0 Å². The van der Waals surface area contributed by atoms with Crippen molar-refractivity contribution < 1.29 is 9.53 Å². The number of fused-ring (bicyclic) bond motifs is 1. The van der Waals surface area contributed by atoms with Crippen LogP contribution in [0.25, 0.3) is 0 Å². The standard InChI is InChI=1S/C21H32O2/c1-7-9-17-15(4)10-11-16-12-14(3)13-18(19(16)17)23-20(22)21(5,6)8-2/h7,9-12,14-15,17-19H,8,13H2,1-6H3/b9-7+/t14?,15-,17-,18-,19-/m0/s1. The van der Waals surface area contributed by atoms with Crippen LogP contribution in [0.4, 0.5) is 0 Å². The number of carbonyl (C=O) groups excluding carboxylic acids is 1. The monoisotopic (exact) mass is 316 g/mol. The largest absolute Gasteiger partial charge is 0.461 e. The molecule has 0 bridgehead atoms. The Morgan fingerprint density at radius 3 is 2.70 bits per heavy atom. The molecule has 0 fully saturated rings. The van der Waals surface area contributed by atoms with E-state index in [4.69, 9.17) is 4.74 Å². The molecule has 0 radical (unpaired) electrons. The van der Waals surface area contributed by atoms with Crippen LogP contribution in [0, 0.1) is 29.1 Å². The van der Waals surface area contributed by atoms with Crippen LogP contribution in [-0.4, -0.2) is 12.1 Å². The highest BCUT2D eigenvalue weighted by atomic mass is 16.5. The topological polar surface area (TPSA) is 26.3 Å². The number of ether oxygens (including phenoxy) is 1. The lowest BCUT2D eigenvalue weighted by atomic mass is 9.66. The molecule has 1 unspecified atom stereocenters. The number of hydrogen-bond acceptors (Lipinski definition) is 2. The van der Waals surface area contributed by atoms with Crippen LogP contribution in [0.3, 0.4) is 0 Å². The molecule has 2 aliphatic rings. The summed E-state index contributed by atoms with van der Waals surface area (Å²) >= 11 is 0. The first-order chi connectivity index (χ1) is 10.8. The average molecular weight is 316 g/mol. The predicted molar refractivity (Wildman–Crippen MR) is 95.9 cm³/mol. The maximum absolute atomic E-state index is 12.6. The minimum absolute atomic E-state index is 0.0167. The van der Waals surface area contributed by atoms with E-state index in [9.17, 15) is 4.79 Å². The first-order valence-electron chi connectivity index (χ1n) is 9.04. The third-order valence-corrected chi connectivity index (χ3v) is 5.59. The molecule has 2 heteroatoms. The summed E-state index contributed by atoms with van der Waals surface area (Å²) < 4.78 is 6.06. The van der Waals surface area contributed by atoms with Gasteiger partial charge in [0, 0.05) is 5.92 Å². The van der Waals surface area contributed by atoms with Gasteiger partial charge >= 0.3 is 5.97 Å². The zero-order valence-electron chi connectivity index (χ0n) is 15.5. The minimum atomic E-state index is -0.406. The number of carbonyl (C=O) groups is 1. The quantitative estimate of drug-likeness (QED) is 0.518. The van der Waals surface area contributed by atoms with E-state index in [2.05, 4.69) is 51.2 Å². The van der Waals surface area contributed by atoms with E-state index in [0.717, 1.165) is 12.8 Å². The van der Waals surface area contributed by atoms with Gasteiger partial charge in [0.15, 0.2) is 0 Å². The highest BCUT2D eigenvalue weighted by Crippen LogP contribution is 2.44. The maximum atomic E-state index is 12.6. The van der Waals surface area contributed by atoms with Crippen LogP contribution >= 0.6 is 0 Å². The van der Waals surface area contributed by atoms with E-state index >= 15 is 0 Å². The second kappa shape index (κ2) is 7.07. The zero-order valence-corrected chi connectivity index (χ0v) is 15.5. The molecule has 2 nitrogen and oxygen atoms in total. The first kappa shape index (κ1) is 18.0. The molecule has 0 saturated carbocycles. The van der Waals surface area contributed by atoms with Crippen LogP contribution in [0.5, 0.6) is 0 Å². The summed E-state index contributed by atoms with van der Waals surface area (Å²) in [6.07, 6.45) is 13.0. The first-order valence-corrected chi connectivity index (χ1v) is 9.04. The SMILES string of the molecule is C/C=C/[C@@H]1[C@@H]2C(=CC(C)C[C@@H]2OC(=O)C(C)(C)CC)C=C[C@@H]1C. The van der Waals surface area contributed by atoms with Crippen molar-refractivity contribution in [1.29, 1.82) is 0 Å². The van der Waals surface area contributed by atoms with Crippen molar-refractivity contribution in [2.24, 2.45) is 29.1 Å². The Labute approximate surface area is 141 Å². The van der Waals surface area contributed by atoms with Crippen molar-refractivity contribution in [3.05, 3.63) is 36.0 Å². The average Bonchev–Trinajstić information content (AvgIpc) is 2.50.